The highest BCUT2D eigenvalue weighted by Crippen LogP contribution is 2.22. The smallest absolute Gasteiger partial charge is 0.140 e. The second kappa shape index (κ2) is 6.68. The first-order valence-corrected chi connectivity index (χ1v) is 8.03. The molecule has 0 saturated carbocycles. The molecule has 2 aromatic heterocycles. The fraction of sp³-hybridized carbons (Fsp3) is 0.105. The molecule has 1 N–H and O–H groups in total. The van der Waals surface area contributed by atoms with Crippen LogP contribution in [-0.4, -0.2) is 26.3 Å². The van der Waals surface area contributed by atoms with Crippen molar-refractivity contribution in [3.63, 3.8) is 0 Å². The third-order valence-electron chi connectivity index (χ3n) is 4.02. The zero-order chi connectivity index (χ0) is 17.1. The predicted molar refractivity (Wildman–Crippen MR) is 95.3 cm³/mol. The van der Waals surface area contributed by atoms with E-state index in [2.05, 4.69) is 32.5 Å². The van der Waals surface area contributed by atoms with E-state index in [0.717, 1.165) is 12.1 Å². The van der Waals surface area contributed by atoms with Crippen LogP contribution < -0.4 is 5.32 Å². The lowest BCUT2D eigenvalue weighted by molar-refractivity contribution is 0.639. The fourth-order valence-corrected chi connectivity index (χ4v) is 2.76. The van der Waals surface area contributed by atoms with Crippen LogP contribution in [0.3, 0.4) is 0 Å². The Morgan fingerprint density at radius 1 is 1.00 bits per heavy atom. The molecule has 2 heterocycles. The highest BCUT2D eigenvalue weighted by Gasteiger charge is 2.08. The van der Waals surface area contributed by atoms with E-state index in [1.807, 2.05) is 29.1 Å². The van der Waals surface area contributed by atoms with Crippen LogP contribution in [0.15, 0.2) is 67.3 Å². The van der Waals surface area contributed by atoms with Gasteiger partial charge < -0.3 is 5.32 Å². The number of halogens is 1. The number of aromatic nitrogens is 4. The number of benzene rings is 2. The Hall–Kier alpha value is -3.28. The van der Waals surface area contributed by atoms with Crippen molar-refractivity contribution >= 4 is 16.7 Å². The van der Waals surface area contributed by atoms with Crippen molar-refractivity contribution in [3.8, 4) is 5.69 Å². The molecule has 6 heteroatoms. The van der Waals surface area contributed by atoms with Gasteiger partial charge in [0.25, 0.3) is 0 Å². The van der Waals surface area contributed by atoms with E-state index in [1.165, 1.54) is 18.0 Å². The molecule has 4 aromatic rings. The molecule has 124 valence electrons. The number of nitrogens with zero attached hydrogens (tertiary/aromatic N) is 4. The molecule has 0 aliphatic carbocycles. The van der Waals surface area contributed by atoms with Crippen molar-refractivity contribution in [2.75, 3.05) is 11.9 Å². The van der Waals surface area contributed by atoms with E-state index >= 15 is 0 Å². The topological polar surface area (TPSA) is 55.6 Å². The lowest BCUT2D eigenvalue weighted by Gasteiger charge is -2.09. The molecule has 4 rings (SSSR count). The summed E-state index contributed by atoms with van der Waals surface area (Å²) in [4.78, 5) is 8.28. The third-order valence-corrected chi connectivity index (χ3v) is 4.02. The molecule has 0 atom stereocenters. The maximum absolute atomic E-state index is 14.0. The molecule has 0 unspecified atom stereocenters. The Balaban J connectivity index is 1.45. The number of anilines is 1. The predicted octanol–water partition coefficient (Wildman–Crippen LogP) is 3.61. The Bertz CT molecular complexity index is 975. The summed E-state index contributed by atoms with van der Waals surface area (Å²) in [5, 5.41) is 7.85. The van der Waals surface area contributed by atoms with Crippen LogP contribution >= 0.6 is 0 Å². The van der Waals surface area contributed by atoms with Gasteiger partial charge in [-0.05, 0) is 42.3 Å². The van der Waals surface area contributed by atoms with Gasteiger partial charge in [0.1, 0.15) is 18.0 Å². The summed E-state index contributed by atoms with van der Waals surface area (Å²) in [6, 6.07) is 14.9. The number of fused-ring (bicyclic) bond motifs is 1. The molecule has 0 aliphatic rings. The van der Waals surface area contributed by atoms with Gasteiger partial charge in [0.2, 0.25) is 0 Å². The Kier molecular flexibility index (Phi) is 4.08. The van der Waals surface area contributed by atoms with Crippen LogP contribution in [-0.2, 0) is 6.42 Å². The van der Waals surface area contributed by atoms with Crippen molar-refractivity contribution in [3.05, 3.63) is 78.6 Å². The molecule has 0 spiro atoms. The average molecular weight is 333 g/mol. The average Bonchev–Trinajstić information content (AvgIpc) is 3.17. The number of hydrogen-bond donors (Lipinski definition) is 1. The van der Waals surface area contributed by atoms with Crippen LogP contribution in [0, 0.1) is 5.82 Å². The summed E-state index contributed by atoms with van der Waals surface area (Å²) in [5.74, 6) is 0.209. The first-order valence-electron chi connectivity index (χ1n) is 8.03. The Morgan fingerprint density at radius 3 is 2.68 bits per heavy atom. The van der Waals surface area contributed by atoms with Crippen LogP contribution in [0.4, 0.5) is 10.2 Å². The number of nitrogens with one attached hydrogen (secondary N) is 1. The lowest BCUT2D eigenvalue weighted by Crippen LogP contribution is -2.08. The normalized spacial score (nSPS) is 10.9. The molecule has 2 aromatic carbocycles. The van der Waals surface area contributed by atoms with Crippen LogP contribution in [0.25, 0.3) is 16.6 Å². The van der Waals surface area contributed by atoms with Crippen molar-refractivity contribution in [1.29, 1.82) is 0 Å². The largest absolute Gasteiger partial charge is 0.369 e. The highest BCUT2D eigenvalue weighted by molar-refractivity contribution is 5.89. The lowest BCUT2D eigenvalue weighted by atomic mass is 10.1. The van der Waals surface area contributed by atoms with Crippen molar-refractivity contribution in [2.24, 2.45) is 0 Å². The number of rotatable bonds is 5. The van der Waals surface area contributed by atoms with E-state index in [-0.39, 0.29) is 5.82 Å². The van der Waals surface area contributed by atoms with Gasteiger partial charge in [-0.3, -0.25) is 0 Å². The minimum Gasteiger partial charge on any atom is -0.369 e. The second-order valence-electron chi connectivity index (χ2n) is 5.65. The fourth-order valence-electron chi connectivity index (χ4n) is 2.76. The summed E-state index contributed by atoms with van der Waals surface area (Å²) in [7, 11) is 0. The van der Waals surface area contributed by atoms with Gasteiger partial charge in [0.15, 0.2) is 0 Å². The third kappa shape index (κ3) is 3.19. The van der Waals surface area contributed by atoms with Crippen LogP contribution in [0.1, 0.15) is 5.56 Å². The van der Waals surface area contributed by atoms with E-state index in [4.69, 9.17) is 0 Å². The second-order valence-corrected chi connectivity index (χ2v) is 5.65. The quantitative estimate of drug-likeness (QED) is 0.606. The van der Waals surface area contributed by atoms with Crippen molar-refractivity contribution in [1.82, 2.24) is 19.7 Å². The van der Waals surface area contributed by atoms with E-state index < -0.39 is 0 Å². The highest BCUT2D eigenvalue weighted by atomic mass is 19.1. The van der Waals surface area contributed by atoms with Gasteiger partial charge in [0, 0.05) is 18.9 Å². The van der Waals surface area contributed by atoms with Gasteiger partial charge in [-0.25, -0.2) is 19.0 Å². The van der Waals surface area contributed by atoms with Gasteiger partial charge >= 0.3 is 0 Å². The monoisotopic (exact) mass is 333 g/mol. The molecular weight excluding hydrogens is 317 g/mol. The first kappa shape index (κ1) is 15.3. The summed E-state index contributed by atoms with van der Waals surface area (Å²) in [5.41, 5.74) is 2.80. The van der Waals surface area contributed by atoms with E-state index in [1.54, 1.807) is 18.3 Å². The molecule has 0 saturated heterocycles. The maximum Gasteiger partial charge on any atom is 0.140 e. The SMILES string of the molecule is Fc1cccc2ncnc(NCCc3ccc(-n4cccn4)cc3)c12. The minimum absolute atomic E-state index is 0.316. The van der Waals surface area contributed by atoms with Gasteiger partial charge in [0.05, 0.1) is 16.6 Å². The van der Waals surface area contributed by atoms with E-state index in [0.29, 0.717) is 23.3 Å². The Morgan fingerprint density at radius 2 is 1.88 bits per heavy atom. The Labute approximate surface area is 144 Å². The van der Waals surface area contributed by atoms with Gasteiger partial charge in [-0.1, -0.05) is 18.2 Å². The van der Waals surface area contributed by atoms with Crippen molar-refractivity contribution < 1.29 is 4.39 Å². The standard InChI is InChI=1S/C19H16FN5/c20-16-3-1-4-17-18(16)19(23-13-22-17)21-11-9-14-5-7-15(8-6-14)25-12-2-10-24-25/h1-8,10,12-13H,9,11H2,(H,21,22,23). The van der Waals surface area contributed by atoms with Crippen LogP contribution in [0.2, 0.25) is 0 Å². The van der Waals surface area contributed by atoms with Crippen molar-refractivity contribution in [2.45, 2.75) is 6.42 Å². The minimum atomic E-state index is -0.316. The molecule has 0 fully saturated rings. The van der Waals surface area contributed by atoms with Gasteiger partial charge in [-0.15, -0.1) is 0 Å². The zero-order valence-corrected chi connectivity index (χ0v) is 13.4. The molecular formula is C19H16FN5. The molecule has 0 bridgehead atoms. The van der Waals surface area contributed by atoms with E-state index in [9.17, 15) is 4.39 Å². The molecule has 0 amide bonds. The zero-order valence-electron chi connectivity index (χ0n) is 13.4. The molecule has 25 heavy (non-hydrogen) atoms. The summed E-state index contributed by atoms with van der Waals surface area (Å²) in [6.45, 7) is 0.654. The first-order chi connectivity index (χ1) is 12.3. The summed E-state index contributed by atoms with van der Waals surface area (Å²) in [6.07, 6.45) is 5.91. The van der Waals surface area contributed by atoms with Crippen LogP contribution in [0.5, 0.6) is 0 Å². The number of hydrogen-bond acceptors (Lipinski definition) is 4. The molecule has 0 aliphatic heterocycles. The van der Waals surface area contributed by atoms with Gasteiger partial charge in [-0.2, -0.15) is 5.10 Å². The summed E-state index contributed by atoms with van der Waals surface area (Å²) >= 11 is 0. The maximum atomic E-state index is 14.0. The molecule has 0 radical (unpaired) electrons. The molecule has 5 nitrogen and oxygen atoms in total. The summed E-state index contributed by atoms with van der Waals surface area (Å²) < 4.78 is 15.9.